The Balaban J connectivity index is 1.80. The SMILES string of the molecule is Nc1nc(=O)n([C@@H]2C[C@@H](O)[C@H](CO)O2)cc1SCc1ccccc1. The number of thioether (sulfide) groups is 1. The van der Waals surface area contributed by atoms with E-state index in [1.807, 2.05) is 30.3 Å². The van der Waals surface area contributed by atoms with Crippen LogP contribution in [-0.2, 0) is 10.5 Å². The average Bonchev–Trinajstić information content (AvgIpc) is 2.95. The van der Waals surface area contributed by atoms with E-state index < -0.39 is 24.1 Å². The van der Waals surface area contributed by atoms with Gasteiger partial charge in [-0.05, 0) is 5.56 Å². The van der Waals surface area contributed by atoms with Crippen molar-refractivity contribution in [2.24, 2.45) is 0 Å². The van der Waals surface area contributed by atoms with Gasteiger partial charge in [0, 0.05) is 18.4 Å². The van der Waals surface area contributed by atoms with E-state index in [-0.39, 0.29) is 18.8 Å². The molecule has 8 heteroatoms. The monoisotopic (exact) mass is 349 g/mol. The van der Waals surface area contributed by atoms with Crippen LogP contribution in [0.15, 0.2) is 46.2 Å². The largest absolute Gasteiger partial charge is 0.394 e. The third kappa shape index (κ3) is 3.62. The maximum Gasteiger partial charge on any atom is 0.351 e. The highest BCUT2D eigenvalue weighted by molar-refractivity contribution is 7.98. The van der Waals surface area contributed by atoms with Crippen molar-refractivity contribution in [3.8, 4) is 0 Å². The summed E-state index contributed by atoms with van der Waals surface area (Å²) in [6, 6.07) is 9.89. The quantitative estimate of drug-likeness (QED) is 0.683. The molecule has 1 aromatic heterocycles. The predicted molar refractivity (Wildman–Crippen MR) is 90.5 cm³/mol. The van der Waals surface area contributed by atoms with Crippen LogP contribution in [0.5, 0.6) is 0 Å². The van der Waals surface area contributed by atoms with Crippen molar-refractivity contribution in [3.05, 3.63) is 52.6 Å². The van der Waals surface area contributed by atoms with E-state index in [9.17, 15) is 9.90 Å². The Bertz CT molecular complexity index is 753. The Morgan fingerprint density at radius 2 is 2.12 bits per heavy atom. The second kappa shape index (κ2) is 7.35. The maximum absolute atomic E-state index is 12.1. The summed E-state index contributed by atoms with van der Waals surface area (Å²) in [5.74, 6) is 0.868. The van der Waals surface area contributed by atoms with Gasteiger partial charge in [-0.25, -0.2) is 4.79 Å². The summed E-state index contributed by atoms with van der Waals surface area (Å²) in [6.07, 6.45) is -0.340. The molecular weight excluding hydrogens is 330 g/mol. The molecule has 0 radical (unpaired) electrons. The summed E-state index contributed by atoms with van der Waals surface area (Å²) >= 11 is 1.47. The van der Waals surface area contributed by atoms with E-state index in [1.54, 1.807) is 6.20 Å². The van der Waals surface area contributed by atoms with Gasteiger partial charge in [0.25, 0.3) is 0 Å². The zero-order valence-corrected chi connectivity index (χ0v) is 13.7. The lowest BCUT2D eigenvalue weighted by atomic mass is 10.2. The molecule has 4 N–H and O–H groups in total. The third-order valence-electron chi connectivity index (χ3n) is 3.88. The smallest absolute Gasteiger partial charge is 0.351 e. The van der Waals surface area contributed by atoms with E-state index in [1.165, 1.54) is 16.3 Å². The molecule has 3 atom stereocenters. The van der Waals surface area contributed by atoms with E-state index in [2.05, 4.69) is 4.98 Å². The van der Waals surface area contributed by atoms with E-state index in [0.29, 0.717) is 10.6 Å². The number of aromatic nitrogens is 2. The van der Waals surface area contributed by atoms with Crippen molar-refractivity contribution in [1.82, 2.24) is 9.55 Å². The average molecular weight is 349 g/mol. The molecular formula is C16H19N3O4S. The van der Waals surface area contributed by atoms with Crippen molar-refractivity contribution < 1.29 is 14.9 Å². The predicted octanol–water partition coefficient (Wildman–Crippen LogP) is 0.758. The number of anilines is 1. The lowest BCUT2D eigenvalue weighted by Crippen LogP contribution is -2.28. The summed E-state index contributed by atoms with van der Waals surface area (Å²) in [5.41, 5.74) is 6.46. The van der Waals surface area contributed by atoms with Gasteiger partial charge in [-0.3, -0.25) is 4.57 Å². The molecule has 0 spiro atoms. The Labute approximate surface area is 143 Å². The number of aliphatic hydroxyl groups is 2. The van der Waals surface area contributed by atoms with Crippen LogP contribution in [-0.4, -0.2) is 38.6 Å². The molecule has 24 heavy (non-hydrogen) atoms. The molecule has 0 amide bonds. The summed E-state index contributed by atoms with van der Waals surface area (Å²) in [4.78, 5) is 16.6. The standard InChI is InChI=1S/C16H19N3O4S/c17-15-13(24-9-10-4-2-1-3-5-10)7-19(16(22)18-15)14-6-11(21)12(8-20)23-14/h1-5,7,11-12,14,20-21H,6,8-9H2,(H2,17,18,22)/t11-,12+,14+/m1/s1. The molecule has 3 rings (SSSR count). The van der Waals surface area contributed by atoms with Crippen molar-refractivity contribution in [2.75, 3.05) is 12.3 Å². The number of nitrogen functional groups attached to an aromatic ring is 1. The molecule has 2 heterocycles. The first-order valence-electron chi connectivity index (χ1n) is 7.58. The fourth-order valence-electron chi connectivity index (χ4n) is 2.57. The minimum absolute atomic E-state index is 0.175. The van der Waals surface area contributed by atoms with Gasteiger partial charge in [0.05, 0.1) is 17.6 Å². The fraction of sp³-hybridized carbons (Fsp3) is 0.375. The molecule has 1 aliphatic rings. The van der Waals surface area contributed by atoms with Gasteiger partial charge in [0.2, 0.25) is 0 Å². The summed E-state index contributed by atoms with van der Waals surface area (Å²) in [6.45, 7) is -0.301. The zero-order valence-electron chi connectivity index (χ0n) is 12.9. The summed E-state index contributed by atoms with van der Waals surface area (Å²) in [5, 5.41) is 19.0. The minimum atomic E-state index is -0.815. The maximum atomic E-state index is 12.1. The highest BCUT2D eigenvalue weighted by Crippen LogP contribution is 2.30. The van der Waals surface area contributed by atoms with E-state index >= 15 is 0 Å². The van der Waals surface area contributed by atoms with Crippen LogP contribution in [0.4, 0.5) is 5.82 Å². The molecule has 0 saturated carbocycles. The second-order valence-corrected chi connectivity index (χ2v) is 6.59. The van der Waals surface area contributed by atoms with Crippen molar-refractivity contribution in [1.29, 1.82) is 0 Å². The van der Waals surface area contributed by atoms with Gasteiger partial charge in [-0.15, -0.1) is 11.8 Å². The van der Waals surface area contributed by atoms with Crippen LogP contribution in [0.25, 0.3) is 0 Å². The van der Waals surface area contributed by atoms with Crippen LogP contribution >= 0.6 is 11.8 Å². The lowest BCUT2D eigenvalue weighted by molar-refractivity contribution is -0.0460. The molecule has 0 aliphatic carbocycles. The number of hydrogen-bond acceptors (Lipinski definition) is 7. The lowest BCUT2D eigenvalue weighted by Gasteiger charge is -2.16. The number of hydrogen-bond donors (Lipinski definition) is 3. The molecule has 1 aromatic carbocycles. The normalized spacial score (nSPS) is 23.5. The highest BCUT2D eigenvalue weighted by Gasteiger charge is 2.35. The first-order valence-corrected chi connectivity index (χ1v) is 8.57. The number of rotatable bonds is 5. The van der Waals surface area contributed by atoms with Gasteiger partial charge in [0.15, 0.2) is 0 Å². The summed E-state index contributed by atoms with van der Waals surface area (Å²) in [7, 11) is 0. The highest BCUT2D eigenvalue weighted by atomic mass is 32.2. The van der Waals surface area contributed by atoms with Crippen molar-refractivity contribution in [2.45, 2.75) is 35.5 Å². The zero-order chi connectivity index (χ0) is 17.1. The number of ether oxygens (including phenoxy) is 1. The Morgan fingerprint density at radius 3 is 2.79 bits per heavy atom. The molecule has 128 valence electrons. The van der Waals surface area contributed by atoms with Gasteiger partial charge in [-0.1, -0.05) is 30.3 Å². The van der Waals surface area contributed by atoms with Gasteiger partial charge >= 0.3 is 5.69 Å². The van der Waals surface area contributed by atoms with E-state index in [4.69, 9.17) is 15.6 Å². The first-order chi connectivity index (χ1) is 11.6. The van der Waals surface area contributed by atoms with Gasteiger partial charge in [0.1, 0.15) is 18.1 Å². The second-order valence-electron chi connectivity index (χ2n) is 5.57. The molecule has 1 saturated heterocycles. The van der Waals surface area contributed by atoms with Crippen molar-refractivity contribution in [3.63, 3.8) is 0 Å². The number of benzene rings is 1. The Morgan fingerprint density at radius 1 is 1.38 bits per heavy atom. The molecule has 0 bridgehead atoms. The van der Waals surface area contributed by atoms with Gasteiger partial charge in [-0.2, -0.15) is 4.98 Å². The van der Waals surface area contributed by atoms with Crippen LogP contribution in [0.1, 0.15) is 18.2 Å². The van der Waals surface area contributed by atoms with Crippen LogP contribution in [0, 0.1) is 0 Å². The Hall–Kier alpha value is -1.87. The van der Waals surface area contributed by atoms with Crippen LogP contribution < -0.4 is 11.4 Å². The number of nitrogens with zero attached hydrogens (tertiary/aromatic N) is 2. The minimum Gasteiger partial charge on any atom is -0.394 e. The van der Waals surface area contributed by atoms with Gasteiger partial charge < -0.3 is 20.7 Å². The molecule has 7 nitrogen and oxygen atoms in total. The number of aliphatic hydroxyl groups excluding tert-OH is 2. The third-order valence-corrected chi connectivity index (χ3v) is 4.98. The molecule has 2 aromatic rings. The molecule has 0 unspecified atom stereocenters. The van der Waals surface area contributed by atoms with E-state index in [0.717, 1.165) is 5.56 Å². The summed E-state index contributed by atoms with van der Waals surface area (Å²) < 4.78 is 6.84. The fourth-order valence-corrected chi connectivity index (χ4v) is 3.46. The Kier molecular flexibility index (Phi) is 5.20. The van der Waals surface area contributed by atoms with Crippen molar-refractivity contribution >= 4 is 17.6 Å². The topological polar surface area (TPSA) is 111 Å². The first kappa shape index (κ1) is 17.0. The molecule has 1 fully saturated rings. The van der Waals surface area contributed by atoms with Crippen LogP contribution in [0.3, 0.4) is 0 Å². The number of nitrogens with two attached hydrogens (primary N) is 1. The molecule has 1 aliphatic heterocycles. The van der Waals surface area contributed by atoms with Crippen LogP contribution in [0.2, 0.25) is 0 Å².